The molecule has 0 aliphatic heterocycles. The lowest BCUT2D eigenvalue weighted by Crippen LogP contribution is -2.30. The van der Waals surface area contributed by atoms with Crippen LogP contribution >= 0.6 is 0 Å². The molecule has 0 spiro atoms. The van der Waals surface area contributed by atoms with Crippen molar-refractivity contribution in [1.82, 2.24) is 4.98 Å². The molecule has 0 atom stereocenters. The first-order valence-corrected chi connectivity index (χ1v) is 5.86. The third kappa shape index (κ3) is 3.52. The molecule has 2 N–H and O–H groups in total. The van der Waals surface area contributed by atoms with E-state index >= 15 is 0 Å². The summed E-state index contributed by atoms with van der Waals surface area (Å²) in [5.41, 5.74) is -0.0724. The zero-order valence-electron chi connectivity index (χ0n) is 10.4. The molecule has 0 unspecified atom stereocenters. The van der Waals surface area contributed by atoms with Gasteiger partial charge in [-0.2, -0.15) is 8.78 Å². The van der Waals surface area contributed by atoms with Crippen molar-refractivity contribution in [3.8, 4) is 5.75 Å². The van der Waals surface area contributed by atoms with Crippen molar-refractivity contribution >= 4 is 12.6 Å². The van der Waals surface area contributed by atoms with Crippen LogP contribution < -0.4 is 10.2 Å². The number of ether oxygens (including phenoxy) is 1. The lowest BCUT2D eigenvalue weighted by Gasteiger charge is -2.17. The molecule has 0 saturated heterocycles. The molecule has 0 fully saturated rings. The molecule has 0 amide bonds. The summed E-state index contributed by atoms with van der Waals surface area (Å²) in [4.78, 5) is 3.69. The SMILES string of the molecule is OB(O)c1cncc(OCC(F)(F)c2ccccc2)c1. The Balaban J connectivity index is 2.06. The minimum absolute atomic E-state index is 0.0474. The number of halogens is 2. The van der Waals surface area contributed by atoms with Crippen LogP contribution in [0.5, 0.6) is 5.75 Å². The van der Waals surface area contributed by atoms with Crippen LogP contribution in [-0.2, 0) is 5.92 Å². The number of rotatable bonds is 5. The van der Waals surface area contributed by atoms with E-state index < -0.39 is 19.6 Å². The molecule has 0 bridgehead atoms. The maximum absolute atomic E-state index is 13.9. The van der Waals surface area contributed by atoms with Crippen LogP contribution in [0, 0.1) is 0 Å². The monoisotopic (exact) mass is 279 g/mol. The second kappa shape index (κ2) is 5.98. The number of benzene rings is 1. The average Bonchev–Trinajstić information content (AvgIpc) is 2.46. The second-order valence-corrected chi connectivity index (χ2v) is 4.19. The fourth-order valence-corrected chi connectivity index (χ4v) is 1.60. The number of nitrogens with zero attached hydrogens (tertiary/aromatic N) is 1. The van der Waals surface area contributed by atoms with Crippen LogP contribution in [0.25, 0.3) is 0 Å². The number of hydrogen-bond donors (Lipinski definition) is 2. The molecule has 104 valence electrons. The lowest BCUT2D eigenvalue weighted by atomic mass is 9.82. The van der Waals surface area contributed by atoms with Crippen LogP contribution in [0.2, 0.25) is 0 Å². The Kier molecular flexibility index (Phi) is 4.31. The van der Waals surface area contributed by atoms with E-state index in [1.165, 1.54) is 42.7 Å². The van der Waals surface area contributed by atoms with Gasteiger partial charge in [0.2, 0.25) is 0 Å². The van der Waals surface area contributed by atoms with Gasteiger partial charge in [0.05, 0.1) is 6.20 Å². The lowest BCUT2D eigenvalue weighted by molar-refractivity contribution is -0.0467. The van der Waals surface area contributed by atoms with E-state index in [2.05, 4.69) is 4.98 Å². The van der Waals surface area contributed by atoms with Crippen LogP contribution in [-0.4, -0.2) is 28.8 Å². The van der Waals surface area contributed by atoms with Crippen LogP contribution in [0.3, 0.4) is 0 Å². The zero-order valence-corrected chi connectivity index (χ0v) is 10.4. The fraction of sp³-hybridized carbons (Fsp3) is 0.154. The molecule has 0 aliphatic rings. The van der Waals surface area contributed by atoms with Gasteiger partial charge in [0.15, 0.2) is 6.61 Å². The van der Waals surface area contributed by atoms with Gasteiger partial charge in [-0.15, -0.1) is 0 Å². The maximum Gasteiger partial charge on any atom is 0.490 e. The summed E-state index contributed by atoms with van der Waals surface area (Å²) in [5, 5.41) is 17.9. The van der Waals surface area contributed by atoms with Crippen LogP contribution in [0.15, 0.2) is 48.8 Å². The zero-order chi connectivity index (χ0) is 14.6. The highest BCUT2D eigenvalue weighted by atomic mass is 19.3. The van der Waals surface area contributed by atoms with Crippen molar-refractivity contribution < 1.29 is 23.6 Å². The van der Waals surface area contributed by atoms with Crippen molar-refractivity contribution in [2.45, 2.75) is 5.92 Å². The molecule has 2 rings (SSSR count). The van der Waals surface area contributed by atoms with Crippen molar-refractivity contribution in [3.63, 3.8) is 0 Å². The van der Waals surface area contributed by atoms with Gasteiger partial charge in [-0.3, -0.25) is 4.98 Å². The van der Waals surface area contributed by atoms with Crippen molar-refractivity contribution in [1.29, 1.82) is 0 Å². The first kappa shape index (κ1) is 14.4. The molecule has 0 aliphatic carbocycles. The summed E-state index contributed by atoms with van der Waals surface area (Å²) in [6, 6.07) is 8.57. The standard InChI is InChI=1S/C13H12BF2NO3/c15-13(16,10-4-2-1-3-5-10)9-20-12-6-11(14(18)19)7-17-8-12/h1-8,18-19H,9H2. The molecule has 1 aromatic carbocycles. The predicted molar refractivity (Wildman–Crippen MR) is 69.9 cm³/mol. The summed E-state index contributed by atoms with van der Waals surface area (Å²) in [7, 11) is -1.72. The highest BCUT2D eigenvalue weighted by Gasteiger charge is 2.32. The fourth-order valence-electron chi connectivity index (χ4n) is 1.60. The number of hydrogen-bond acceptors (Lipinski definition) is 4. The Bertz CT molecular complexity index is 567. The summed E-state index contributed by atoms with van der Waals surface area (Å²) in [5.74, 6) is -3.10. The van der Waals surface area contributed by atoms with Gasteiger partial charge in [0.1, 0.15) is 5.75 Å². The largest absolute Gasteiger partial charge is 0.490 e. The Hall–Kier alpha value is -1.99. The molecular weight excluding hydrogens is 267 g/mol. The maximum atomic E-state index is 13.9. The molecule has 0 saturated carbocycles. The Morgan fingerprint density at radius 3 is 2.50 bits per heavy atom. The third-order valence-corrected chi connectivity index (χ3v) is 2.65. The van der Waals surface area contributed by atoms with E-state index in [9.17, 15) is 8.78 Å². The Morgan fingerprint density at radius 1 is 1.15 bits per heavy atom. The van der Waals surface area contributed by atoms with Gasteiger partial charge in [0.25, 0.3) is 0 Å². The van der Waals surface area contributed by atoms with E-state index in [4.69, 9.17) is 14.8 Å². The van der Waals surface area contributed by atoms with Crippen molar-refractivity contribution in [2.75, 3.05) is 6.61 Å². The first-order chi connectivity index (χ1) is 9.49. The minimum Gasteiger partial charge on any atom is -0.485 e. The Morgan fingerprint density at radius 2 is 1.85 bits per heavy atom. The van der Waals surface area contributed by atoms with Crippen molar-refractivity contribution in [2.24, 2.45) is 0 Å². The topological polar surface area (TPSA) is 62.6 Å². The normalized spacial score (nSPS) is 11.2. The second-order valence-electron chi connectivity index (χ2n) is 4.19. The summed E-state index contributed by atoms with van der Waals surface area (Å²) >= 11 is 0. The van der Waals surface area contributed by atoms with Gasteiger partial charge in [-0.1, -0.05) is 30.3 Å². The Labute approximate surface area is 114 Å². The highest BCUT2D eigenvalue weighted by molar-refractivity contribution is 6.58. The van der Waals surface area contributed by atoms with Crippen LogP contribution in [0.4, 0.5) is 8.78 Å². The van der Waals surface area contributed by atoms with Gasteiger partial charge in [0, 0.05) is 17.2 Å². The first-order valence-electron chi connectivity index (χ1n) is 5.86. The van der Waals surface area contributed by atoms with E-state index in [0.29, 0.717) is 0 Å². The summed E-state index contributed by atoms with van der Waals surface area (Å²) in [6.45, 7) is -0.857. The third-order valence-electron chi connectivity index (χ3n) is 2.65. The molecular formula is C13H12BF2NO3. The quantitative estimate of drug-likeness (QED) is 0.799. The highest BCUT2D eigenvalue weighted by Crippen LogP contribution is 2.28. The predicted octanol–water partition coefficient (Wildman–Crippen LogP) is 0.932. The van der Waals surface area contributed by atoms with Gasteiger partial charge >= 0.3 is 13.0 Å². The molecule has 20 heavy (non-hydrogen) atoms. The smallest absolute Gasteiger partial charge is 0.485 e. The van der Waals surface area contributed by atoms with E-state index in [1.54, 1.807) is 6.07 Å². The van der Waals surface area contributed by atoms with Gasteiger partial charge < -0.3 is 14.8 Å². The van der Waals surface area contributed by atoms with E-state index in [1.807, 2.05) is 0 Å². The number of aromatic nitrogens is 1. The molecule has 1 aromatic heterocycles. The summed E-state index contributed by atoms with van der Waals surface area (Å²) in [6.07, 6.45) is 2.44. The molecule has 2 aromatic rings. The molecule has 4 nitrogen and oxygen atoms in total. The van der Waals surface area contributed by atoms with Gasteiger partial charge in [-0.05, 0) is 6.07 Å². The molecule has 7 heteroatoms. The molecule has 0 radical (unpaired) electrons. The van der Waals surface area contributed by atoms with E-state index in [0.717, 1.165) is 0 Å². The van der Waals surface area contributed by atoms with Crippen LogP contribution in [0.1, 0.15) is 5.56 Å². The number of pyridine rings is 1. The minimum atomic E-state index is -3.14. The van der Waals surface area contributed by atoms with Gasteiger partial charge in [-0.25, -0.2) is 0 Å². The number of alkyl halides is 2. The van der Waals surface area contributed by atoms with Crippen molar-refractivity contribution in [3.05, 3.63) is 54.4 Å². The molecule has 1 heterocycles. The average molecular weight is 279 g/mol. The van der Waals surface area contributed by atoms with E-state index in [-0.39, 0.29) is 16.8 Å². The summed E-state index contributed by atoms with van der Waals surface area (Å²) < 4.78 is 32.7.